The van der Waals surface area contributed by atoms with Gasteiger partial charge in [0.2, 0.25) is 0 Å². The van der Waals surface area contributed by atoms with Crippen molar-refractivity contribution in [3.63, 3.8) is 0 Å². The molecule has 6 nitrogen and oxygen atoms in total. The highest BCUT2D eigenvalue weighted by molar-refractivity contribution is 7.87. The van der Waals surface area contributed by atoms with Crippen molar-refractivity contribution in [2.45, 2.75) is 6.42 Å². The van der Waals surface area contributed by atoms with E-state index in [1.54, 1.807) is 7.11 Å². The first-order valence-electron chi connectivity index (χ1n) is 6.68. The maximum atomic E-state index is 11.6. The van der Waals surface area contributed by atoms with Gasteiger partial charge in [-0.1, -0.05) is 12.1 Å². The molecule has 8 heteroatoms. The largest absolute Gasteiger partial charge is 0.497 e. The second-order valence-corrected chi connectivity index (χ2v) is 7.63. The zero-order chi connectivity index (χ0) is 16.2. The fourth-order valence-electron chi connectivity index (χ4n) is 1.75. The lowest BCUT2D eigenvalue weighted by atomic mass is 10.2. The van der Waals surface area contributed by atoms with Gasteiger partial charge in [-0.05, 0) is 12.1 Å². The summed E-state index contributed by atoms with van der Waals surface area (Å²) in [6.07, 6.45) is 0.549. The Balaban J connectivity index is 2.00. The Hall–Kier alpha value is -1.48. The lowest BCUT2D eigenvalue weighted by Gasteiger charge is -2.11. The number of hydrogen-bond acceptors (Lipinski definition) is 5. The maximum Gasteiger partial charge on any atom is 0.278 e. The molecule has 0 aliphatic heterocycles. The minimum absolute atomic E-state index is 0.321. The summed E-state index contributed by atoms with van der Waals surface area (Å²) in [6, 6.07) is 7.70. The van der Waals surface area contributed by atoms with Crippen molar-refractivity contribution in [2.24, 2.45) is 0 Å². The first kappa shape index (κ1) is 16.9. The summed E-state index contributed by atoms with van der Waals surface area (Å²) in [4.78, 5) is 4.53. The van der Waals surface area contributed by atoms with Crippen molar-refractivity contribution in [2.75, 3.05) is 27.7 Å². The smallest absolute Gasteiger partial charge is 0.278 e. The summed E-state index contributed by atoms with van der Waals surface area (Å²) in [5, 5.41) is 2.84. The number of ether oxygens (including phenoxy) is 1. The lowest BCUT2D eigenvalue weighted by molar-refractivity contribution is 0.415. The second-order valence-electron chi connectivity index (χ2n) is 4.81. The number of rotatable bonds is 7. The van der Waals surface area contributed by atoms with Crippen LogP contribution in [0.2, 0.25) is 0 Å². The summed E-state index contributed by atoms with van der Waals surface area (Å²) in [5.41, 5.74) is 1.86. The predicted octanol–water partition coefficient (Wildman–Crippen LogP) is 1.76. The van der Waals surface area contributed by atoms with E-state index in [0.717, 1.165) is 26.3 Å². The monoisotopic (exact) mass is 341 g/mol. The molecule has 0 amide bonds. The number of thiazole rings is 1. The van der Waals surface area contributed by atoms with Gasteiger partial charge in [0, 0.05) is 38.0 Å². The molecule has 0 saturated carbocycles. The van der Waals surface area contributed by atoms with Crippen molar-refractivity contribution < 1.29 is 13.2 Å². The highest BCUT2D eigenvalue weighted by Crippen LogP contribution is 2.26. The van der Waals surface area contributed by atoms with E-state index in [1.165, 1.54) is 25.4 Å². The topological polar surface area (TPSA) is 71.5 Å². The van der Waals surface area contributed by atoms with Crippen LogP contribution in [-0.4, -0.2) is 45.5 Å². The van der Waals surface area contributed by atoms with Crippen LogP contribution in [0.1, 0.15) is 5.69 Å². The van der Waals surface area contributed by atoms with Gasteiger partial charge in [-0.25, -0.2) is 9.71 Å². The first-order chi connectivity index (χ1) is 10.4. The van der Waals surface area contributed by atoms with Crippen molar-refractivity contribution in [1.82, 2.24) is 14.0 Å². The first-order valence-corrected chi connectivity index (χ1v) is 9.00. The maximum absolute atomic E-state index is 11.6. The third-order valence-corrected chi connectivity index (χ3v) is 5.49. The van der Waals surface area contributed by atoms with Gasteiger partial charge >= 0.3 is 0 Å². The SMILES string of the molecule is COc1cccc(-c2nc(CCNS(=O)(=O)N(C)C)cs2)c1. The molecule has 0 spiro atoms. The van der Waals surface area contributed by atoms with Crippen LogP contribution in [0.5, 0.6) is 5.75 Å². The van der Waals surface area contributed by atoms with Crippen LogP contribution in [0, 0.1) is 0 Å². The molecule has 2 rings (SSSR count). The normalized spacial score (nSPS) is 11.8. The van der Waals surface area contributed by atoms with E-state index < -0.39 is 10.2 Å². The molecule has 1 N–H and O–H groups in total. The minimum Gasteiger partial charge on any atom is -0.497 e. The van der Waals surface area contributed by atoms with E-state index in [0.29, 0.717) is 13.0 Å². The quantitative estimate of drug-likeness (QED) is 0.833. The molecule has 1 heterocycles. The Morgan fingerprint density at radius 1 is 1.36 bits per heavy atom. The number of nitrogens with zero attached hydrogens (tertiary/aromatic N) is 2. The molecule has 2 aromatic rings. The lowest BCUT2D eigenvalue weighted by Crippen LogP contribution is -2.36. The van der Waals surface area contributed by atoms with Crippen LogP contribution in [0.4, 0.5) is 0 Å². The van der Waals surface area contributed by atoms with Gasteiger partial charge in [0.1, 0.15) is 10.8 Å². The standard InChI is InChI=1S/C14H19N3O3S2/c1-17(2)22(18,19)15-8-7-12-10-21-14(16-12)11-5-4-6-13(9-11)20-3/h4-6,9-10,15H,7-8H2,1-3H3. The molecule has 22 heavy (non-hydrogen) atoms. The van der Waals surface area contributed by atoms with Gasteiger partial charge < -0.3 is 4.74 Å². The van der Waals surface area contributed by atoms with Gasteiger partial charge in [-0.3, -0.25) is 0 Å². The molecule has 0 unspecified atom stereocenters. The van der Waals surface area contributed by atoms with E-state index >= 15 is 0 Å². The summed E-state index contributed by atoms with van der Waals surface area (Å²) >= 11 is 1.53. The van der Waals surface area contributed by atoms with Gasteiger partial charge in [0.15, 0.2) is 0 Å². The van der Waals surface area contributed by atoms with Crippen LogP contribution in [0.15, 0.2) is 29.6 Å². The van der Waals surface area contributed by atoms with Crippen molar-refractivity contribution in [1.29, 1.82) is 0 Å². The molecule has 0 aliphatic carbocycles. The summed E-state index contributed by atoms with van der Waals surface area (Å²) in [7, 11) is 1.23. The Kier molecular flexibility index (Phi) is 5.52. The Morgan fingerprint density at radius 2 is 2.14 bits per heavy atom. The number of nitrogens with one attached hydrogen (secondary N) is 1. The van der Waals surface area contributed by atoms with Crippen molar-refractivity contribution >= 4 is 21.5 Å². The van der Waals surface area contributed by atoms with Crippen LogP contribution in [0.25, 0.3) is 10.6 Å². The summed E-state index contributed by atoms with van der Waals surface area (Å²) < 4.78 is 32.1. The molecule has 0 fully saturated rings. The van der Waals surface area contributed by atoms with E-state index in [1.807, 2.05) is 29.6 Å². The minimum atomic E-state index is -3.38. The predicted molar refractivity (Wildman–Crippen MR) is 88.4 cm³/mol. The Bertz CT molecular complexity index is 726. The molecule has 0 saturated heterocycles. The number of aromatic nitrogens is 1. The van der Waals surface area contributed by atoms with Crippen LogP contribution >= 0.6 is 11.3 Å². The second kappa shape index (κ2) is 7.19. The van der Waals surface area contributed by atoms with E-state index in [9.17, 15) is 8.42 Å². The molecule has 0 bridgehead atoms. The van der Waals surface area contributed by atoms with E-state index in [-0.39, 0.29) is 0 Å². The van der Waals surface area contributed by atoms with Crippen molar-refractivity contribution in [3.8, 4) is 16.3 Å². The molecule has 1 aromatic heterocycles. The van der Waals surface area contributed by atoms with Crippen molar-refractivity contribution in [3.05, 3.63) is 35.3 Å². The molecular weight excluding hydrogens is 322 g/mol. The van der Waals surface area contributed by atoms with Gasteiger partial charge in [-0.15, -0.1) is 11.3 Å². The van der Waals surface area contributed by atoms with Crippen LogP contribution in [-0.2, 0) is 16.6 Å². The molecule has 0 aliphatic rings. The molecule has 120 valence electrons. The Labute approximate surface area is 134 Å². The van der Waals surface area contributed by atoms with Gasteiger partial charge in [0.25, 0.3) is 10.2 Å². The van der Waals surface area contributed by atoms with Crippen LogP contribution < -0.4 is 9.46 Å². The van der Waals surface area contributed by atoms with Crippen LogP contribution in [0.3, 0.4) is 0 Å². The number of benzene rings is 1. The molecule has 1 aromatic carbocycles. The van der Waals surface area contributed by atoms with Gasteiger partial charge in [-0.2, -0.15) is 12.7 Å². The third kappa shape index (κ3) is 4.26. The average molecular weight is 341 g/mol. The fraction of sp³-hybridized carbons (Fsp3) is 0.357. The average Bonchev–Trinajstić information content (AvgIpc) is 2.96. The number of hydrogen-bond donors (Lipinski definition) is 1. The third-order valence-electron chi connectivity index (χ3n) is 3.01. The van der Waals surface area contributed by atoms with E-state index in [4.69, 9.17) is 4.74 Å². The summed E-state index contributed by atoms with van der Waals surface area (Å²) in [6.45, 7) is 0.321. The highest BCUT2D eigenvalue weighted by atomic mass is 32.2. The zero-order valence-electron chi connectivity index (χ0n) is 12.7. The Morgan fingerprint density at radius 3 is 2.82 bits per heavy atom. The van der Waals surface area contributed by atoms with E-state index in [2.05, 4.69) is 9.71 Å². The molecular formula is C14H19N3O3S2. The molecule has 0 radical (unpaired) electrons. The molecule has 0 atom stereocenters. The number of methoxy groups -OCH3 is 1. The zero-order valence-corrected chi connectivity index (χ0v) is 14.4. The summed E-state index contributed by atoms with van der Waals surface area (Å²) in [5.74, 6) is 0.785. The van der Waals surface area contributed by atoms with Gasteiger partial charge in [0.05, 0.1) is 12.8 Å². The highest BCUT2D eigenvalue weighted by Gasteiger charge is 2.12. The fourth-order valence-corrected chi connectivity index (χ4v) is 3.22.